The van der Waals surface area contributed by atoms with Gasteiger partial charge in [-0.3, -0.25) is 4.57 Å². The monoisotopic (exact) mass is 439 g/mol. The van der Waals surface area contributed by atoms with E-state index in [9.17, 15) is 5.11 Å². The topological polar surface area (TPSA) is 99.1 Å². The number of fused-ring (bicyclic) bond motifs is 3. The summed E-state index contributed by atoms with van der Waals surface area (Å²) in [6.45, 7) is 2.41. The van der Waals surface area contributed by atoms with E-state index in [4.69, 9.17) is 15.5 Å². The fourth-order valence-corrected chi connectivity index (χ4v) is 4.87. The molecule has 4 aromatic rings. The molecular formula is C26H25N5O2. The van der Waals surface area contributed by atoms with Crippen molar-refractivity contribution in [2.45, 2.75) is 44.4 Å². The second-order valence-corrected chi connectivity index (χ2v) is 8.88. The van der Waals surface area contributed by atoms with Gasteiger partial charge >= 0.3 is 0 Å². The molecule has 0 atom stereocenters. The molecule has 0 radical (unpaired) electrons. The first-order chi connectivity index (χ1) is 16.1. The molecule has 1 fully saturated rings. The maximum atomic E-state index is 9.73. The smallest absolute Gasteiger partial charge is 0.239 e. The Morgan fingerprint density at radius 2 is 1.82 bits per heavy atom. The Labute approximate surface area is 191 Å². The Hall–Kier alpha value is -3.55. The summed E-state index contributed by atoms with van der Waals surface area (Å²) in [4.78, 5) is 4.98. The normalized spacial score (nSPS) is 21.0. The van der Waals surface area contributed by atoms with Gasteiger partial charge in [-0.1, -0.05) is 61.5 Å². The van der Waals surface area contributed by atoms with Crippen molar-refractivity contribution in [3.8, 4) is 34.0 Å². The zero-order valence-corrected chi connectivity index (χ0v) is 18.4. The predicted molar refractivity (Wildman–Crippen MR) is 125 cm³/mol. The molecule has 0 spiro atoms. The van der Waals surface area contributed by atoms with Crippen LogP contribution in [-0.4, -0.2) is 31.0 Å². The van der Waals surface area contributed by atoms with Gasteiger partial charge in [0.1, 0.15) is 11.5 Å². The molecule has 0 unspecified atom stereocenters. The van der Waals surface area contributed by atoms with Crippen molar-refractivity contribution < 1.29 is 9.84 Å². The molecule has 7 nitrogen and oxygen atoms in total. The molecule has 166 valence electrons. The van der Waals surface area contributed by atoms with Gasteiger partial charge in [-0.2, -0.15) is 0 Å². The quantitative estimate of drug-likeness (QED) is 0.502. The Balaban J connectivity index is 1.50. The van der Waals surface area contributed by atoms with Gasteiger partial charge in [-0.05, 0) is 30.0 Å². The van der Waals surface area contributed by atoms with Crippen LogP contribution in [0.5, 0.6) is 5.88 Å². The van der Waals surface area contributed by atoms with Gasteiger partial charge in [0.15, 0.2) is 12.4 Å². The summed E-state index contributed by atoms with van der Waals surface area (Å²) in [5, 5.41) is 18.3. The minimum atomic E-state index is -0.450. The second kappa shape index (κ2) is 7.50. The molecule has 2 aliphatic rings. The van der Waals surface area contributed by atoms with Crippen molar-refractivity contribution in [3.63, 3.8) is 0 Å². The largest absolute Gasteiger partial charge is 0.468 e. The van der Waals surface area contributed by atoms with Crippen molar-refractivity contribution in [1.29, 1.82) is 0 Å². The number of aromatic nitrogens is 4. The lowest BCUT2D eigenvalue weighted by molar-refractivity contribution is 0.0209. The van der Waals surface area contributed by atoms with Crippen LogP contribution in [0, 0.1) is 0 Å². The Morgan fingerprint density at radius 3 is 2.52 bits per heavy atom. The summed E-state index contributed by atoms with van der Waals surface area (Å²) in [6, 6.07) is 20.6. The summed E-state index contributed by atoms with van der Waals surface area (Å²) in [5.74, 6) is 2.25. The maximum absolute atomic E-state index is 9.73. The van der Waals surface area contributed by atoms with Crippen LogP contribution in [-0.2, 0) is 18.6 Å². The molecular weight excluding hydrogens is 414 g/mol. The van der Waals surface area contributed by atoms with E-state index in [0.29, 0.717) is 25.3 Å². The van der Waals surface area contributed by atoms with Crippen molar-refractivity contribution in [2.24, 2.45) is 5.73 Å². The van der Waals surface area contributed by atoms with Gasteiger partial charge < -0.3 is 15.6 Å². The molecule has 6 rings (SSSR count). The molecule has 1 saturated carbocycles. The second-order valence-electron chi connectivity index (χ2n) is 8.88. The highest BCUT2D eigenvalue weighted by Crippen LogP contribution is 2.41. The predicted octanol–water partition coefficient (Wildman–Crippen LogP) is 3.76. The Kier molecular flexibility index (Phi) is 4.57. The zero-order valence-electron chi connectivity index (χ0n) is 18.4. The number of hydrogen-bond donors (Lipinski definition) is 2. The summed E-state index contributed by atoms with van der Waals surface area (Å²) in [6.07, 6.45) is 1.64. The van der Waals surface area contributed by atoms with E-state index in [1.54, 1.807) is 0 Å². The fourth-order valence-electron chi connectivity index (χ4n) is 4.87. The van der Waals surface area contributed by atoms with E-state index in [0.717, 1.165) is 51.7 Å². The van der Waals surface area contributed by atoms with E-state index in [2.05, 4.69) is 52.0 Å². The number of aliphatic hydroxyl groups excluding tert-OH is 1. The van der Waals surface area contributed by atoms with Crippen molar-refractivity contribution in [2.75, 3.05) is 0 Å². The van der Waals surface area contributed by atoms with E-state index in [1.165, 1.54) is 0 Å². The standard InChI is InChI=1S/C26H25N5O2/c1-2-22-29-30-23-15-33-25-21(31(22)23)12-20(16-6-4-3-5-7-16)24(28-25)17-8-10-18(11-9-17)26(27)13-19(32)14-26/h3-12,19,32H,2,13-15,27H2,1H3. The van der Waals surface area contributed by atoms with Gasteiger partial charge in [0, 0.05) is 23.1 Å². The maximum Gasteiger partial charge on any atom is 0.239 e. The first kappa shape index (κ1) is 20.1. The molecule has 33 heavy (non-hydrogen) atoms. The summed E-state index contributed by atoms with van der Waals surface area (Å²) in [5.41, 5.74) is 11.8. The van der Waals surface area contributed by atoms with Crippen molar-refractivity contribution in [3.05, 3.63) is 77.9 Å². The number of aryl methyl sites for hydroxylation is 1. The number of nitrogens with two attached hydrogens (primary N) is 1. The van der Waals surface area contributed by atoms with Crippen LogP contribution >= 0.6 is 0 Å². The van der Waals surface area contributed by atoms with Crippen LogP contribution in [0.15, 0.2) is 60.7 Å². The van der Waals surface area contributed by atoms with Crippen LogP contribution in [0.3, 0.4) is 0 Å². The van der Waals surface area contributed by atoms with E-state index >= 15 is 0 Å². The molecule has 1 aliphatic carbocycles. The summed E-state index contributed by atoms with van der Waals surface area (Å²) >= 11 is 0. The third-order valence-electron chi connectivity index (χ3n) is 6.68. The minimum absolute atomic E-state index is 0.311. The molecule has 2 aromatic heterocycles. The molecule has 7 heteroatoms. The number of aliphatic hydroxyl groups is 1. The highest BCUT2D eigenvalue weighted by molar-refractivity contribution is 5.83. The fraction of sp³-hybridized carbons (Fsp3) is 0.269. The van der Waals surface area contributed by atoms with Crippen LogP contribution in [0.4, 0.5) is 0 Å². The summed E-state index contributed by atoms with van der Waals surface area (Å²) in [7, 11) is 0. The molecule has 3 N–H and O–H groups in total. The van der Waals surface area contributed by atoms with Crippen LogP contribution in [0.2, 0.25) is 0 Å². The first-order valence-corrected chi connectivity index (χ1v) is 11.3. The van der Waals surface area contributed by atoms with Crippen LogP contribution in [0.25, 0.3) is 28.1 Å². The molecule has 2 aromatic carbocycles. The molecule has 0 saturated heterocycles. The Bertz CT molecular complexity index is 1310. The zero-order chi connectivity index (χ0) is 22.6. The average molecular weight is 440 g/mol. The van der Waals surface area contributed by atoms with E-state index in [1.807, 2.05) is 30.3 Å². The SMILES string of the molecule is CCc1nnc2n1-c1cc(-c3ccccc3)c(-c3ccc(C4(N)CC(O)C4)cc3)nc1OC2. The van der Waals surface area contributed by atoms with Crippen LogP contribution < -0.4 is 10.5 Å². The number of rotatable bonds is 4. The lowest BCUT2D eigenvalue weighted by Gasteiger charge is -2.42. The number of ether oxygens (including phenoxy) is 1. The highest BCUT2D eigenvalue weighted by Gasteiger charge is 2.41. The number of pyridine rings is 1. The van der Waals surface area contributed by atoms with Crippen molar-refractivity contribution >= 4 is 0 Å². The van der Waals surface area contributed by atoms with Crippen LogP contribution in [0.1, 0.15) is 37.0 Å². The third-order valence-corrected chi connectivity index (χ3v) is 6.68. The van der Waals surface area contributed by atoms with Crippen molar-refractivity contribution in [1.82, 2.24) is 19.7 Å². The van der Waals surface area contributed by atoms with Gasteiger partial charge in [0.25, 0.3) is 0 Å². The van der Waals surface area contributed by atoms with Gasteiger partial charge in [0.2, 0.25) is 5.88 Å². The Morgan fingerprint density at radius 1 is 1.06 bits per heavy atom. The number of benzene rings is 2. The van der Waals surface area contributed by atoms with Gasteiger partial charge in [0.05, 0.1) is 11.8 Å². The summed E-state index contributed by atoms with van der Waals surface area (Å²) < 4.78 is 8.06. The molecule has 3 heterocycles. The highest BCUT2D eigenvalue weighted by atomic mass is 16.5. The molecule has 0 bridgehead atoms. The lowest BCUT2D eigenvalue weighted by Crippen LogP contribution is -2.51. The van der Waals surface area contributed by atoms with E-state index < -0.39 is 5.54 Å². The number of hydrogen-bond acceptors (Lipinski definition) is 6. The molecule has 0 amide bonds. The van der Waals surface area contributed by atoms with E-state index in [-0.39, 0.29) is 6.10 Å². The molecule has 1 aliphatic heterocycles. The van der Waals surface area contributed by atoms with Gasteiger partial charge in [-0.25, -0.2) is 4.98 Å². The first-order valence-electron chi connectivity index (χ1n) is 11.3. The third kappa shape index (κ3) is 3.23. The average Bonchev–Trinajstić information content (AvgIpc) is 3.27. The minimum Gasteiger partial charge on any atom is -0.468 e. The number of nitrogens with zero attached hydrogens (tertiary/aromatic N) is 4. The lowest BCUT2D eigenvalue weighted by atomic mass is 9.70. The van der Waals surface area contributed by atoms with Gasteiger partial charge in [-0.15, -0.1) is 10.2 Å².